The first-order valence-electron chi connectivity index (χ1n) is 6.04. The largest absolute Gasteiger partial charge is 0.444 e. The summed E-state index contributed by atoms with van der Waals surface area (Å²) in [7, 11) is 0. The van der Waals surface area contributed by atoms with Gasteiger partial charge in [-0.15, -0.1) is 0 Å². The van der Waals surface area contributed by atoms with Crippen LogP contribution in [0.4, 0.5) is 9.18 Å². The molecule has 6 heteroatoms. The summed E-state index contributed by atoms with van der Waals surface area (Å²) in [6.45, 7) is 5.17. The molecule has 1 amide bonds. The van der Waals surface area contributed by atoms with E-state index in [4.69, 9.17) is 21.6 Å². The quantitative estimate of drug-likeness (QED) is 0.930. The molecule has 0 bridgehead atoms. The predicted molar refractivity (Wildman–Crippen MR) is 73.9 cm³/mol. The van der Waals surface area contributed by atoms with Gasteiger partial charge in [-0.2, -0.15) is 5.26 Å². The summed E-state index contributed by atoms with van der Waals surface area (Å²) in [6.07, 6.45) is -0.511. The molecule has 108 valence electrons. The smallest absolute Gasteiger partial charge is 0.408 e. The molecule has 0 aliphatic heterocycles. The number of nitriles is 1. The molecule has 1 atom stereocenters. The van der Waals surface area contributed by atoms with Gasteiger partial charge in [0.15, 0.2) is 0 Å². The zero-order chi connectivity index (χ0) is 15.3. The van der Waals surface area contributed by atoms with E-state index >= 15 is 0 Å². The minimum Gasteiger partial charge on any atom is -0.444 e. The molecule has 0 saturated heterocycles. The number of hydrogen-bond donors (Lipinski definition) is 1. The summed E-state index contributed by atoms with van der Waals surface area (Å²) in [5, 5.41) is 11.5. The Morgan fingerprint density at radius 3 is 2.70 bits per heavy atom. The number of amides is 1. The summed E-state index contributed by atoms with van der Waals surface area (Å²) >= 11 is 5.58. The zero-order valence-electron chi connectivity index (χ0n) is 11.5. The van der Waals surface area contributed by atoms with Crippen LogP contribution in [0.15, 0.2) is 18.2 Å². The normalized spacial score (nSPS) is 12.4. The van der Waals surface area contributed by atoms with Crippen LogP contribution in [0.1, 0.15) is 26.3 Å². The van der Waals surface area contributed by atoms with Crippen LogP contribution in [0.5, 0.6) is 0 Å². The van der Waals surface area contributed by atoms with Crippen molar-refractivity contribution in [1.82, 2.24) is 5.32 Å². The van der Waals surface area contributed by atoms with Gasteiger partial charge in [-0.25, -0.2) is 9.18 Å². The fourth-order valence-electron chi connectivity index (χ4n) is 1.48. The number of nitrogens with one attached hydrogen (secondary N) is 1. The van der Waals surface area contributed by atoms with E-state index in [1.807, 2.05) is 6.07 Å². The second-order valence-electron chi connectivity index (χ2n) is 5.28. The van der Waals surface area contributed by atoms with Crippen molar-refractivity contribution in [2.24, 2.45) is 0 Å². The maximum Gasteiger partial charge on any atom is 0.408 e. The van der Waals surface area contributed by atoms with Crippen molar-refractivity contribution in [2.75, 3.05) is 0 Å². The van der Waals surface area contributed by atoms with Gasteiger partial charge in [-0.3, -0.25) is 0 Å². The number of nitrogens with zero attached hydrogens (tertiary/aromatic N) is 1. The van der Waals surface area contributed by atoms with Gasteiger partial charge in [0.05, 0.1) is 11.1 Å². The molecule has 0 aliphatic carbocycles. The lowest BCUT2D eigenvalue weighted by Crippen LogP contribution is -2.39. The molecule has 0 unspecified atom stereocenters. The zero-order valence-corrected chi connectivity index (χ0v) is 12.3. The second kappa shape index (κ2) is 6.58. The molecule has 4 nitrogen and oxygen atoms in total. The first-order chi connectivity index (χ1) is 9.21. The number of benzene rings is 1. The third-order valence-corrected chi connectivity index (χ3v) is 2.58. The van der Waals surface area contributed by atoms with E-state index in [0.29, 0.717) is 5.56 Å². The molecular weight excluding hydrogens is 283 g/mol. The highest BCUT2D eigenvalue weighted by Gasteiger charge is 2.19. The number of carbonyl (C=O) groups is 1. The lowest BCUT2D eigenvalue weighted by Gasteiger charge is -2.21. The average molecular weight is 299 g/mol. The lowest BCUT2D eigenvalue weighted by molar-refractivity contribution is 0.0516. The Balaban J connectivity index is 2.66. The predicted octanol–water partition coefficient (Wildman–Crippen LogP) is 3.44. The Hall–Kier alpha value is -1.80. The van der Waals surface area contributed by atoms with Gasteiger partial charge in [0.25, 0.3) is 0 Å². The highest BCUT2D eigenvalue weighted by atomic mass is 35.5. The summed E-state index contributed by atoms with van der Waals surface area (Å²) < 4.78 is 18.3. The molecule has 0 aromatic heterocycles. The van der Waals surface area contributed by atoms with Crippen molar-refractivity contribution < 1.29 is 13.9 Å². The summed E-state index contributed by atoms with van der Waals surface area (Å²) in [5.74, 6) is -0.557. The third-order valence-electron chi connectivity index (χ3n) is 2.27. The number of rotatable bonds is 3. The fraction of sp³-hybridized carbons (Fsp3) is 0.429. The van der Waals surface area contributed by atoms with Crippen LogP contribution >= 0.6 is 11.6 Å². The number of ether oxygens (including phenoxy) is 1. The maximum atomic E-state index is 13.3. The monoisotopic (exact) mass is 298 g/mol. The molecule has 0 radical (unpaired) electrons. The third kappa shape index (κ3) is 5.45. The van der Waals surface area contributed by atoms with Crippen molar-refractivity contribution in [1.29, 1.82) is 5.26 Å². The summed E-state index contributed by atoms with van der Waals surface area (Å²) in [6, 6.07) is 5.39. The van der Waals surface area contributed by atoms with Crippen LogP contribution in [-0.4, -0.2) is 17.7 Å². The first-order valence-corrected chi connectivity index (χ1v) is 6.42. The van der Waals surface area contributed by atoms with Gasteiger partial charge in [0.1, 0.15) is 17.5 Å². The lowest BCUT2D eigenvalue weighted by atomic mass is 10.1. The van der Waals surface area contributed by atoms with Crippen LogP contribution in [0, 0.1) is 17.1 Å². The fourth-order valence-corrected chi connectivity index (χ4v) is 1.60. The van der Waals surface area contributed by atoms with Crippen LogP contribution < -0.4 is 5.32 Å². The van der Waals surface area contributed by atoms with Gasteiger partial charge in [-0.05, 0) is 38.5 Å². The Labute approximate surface area is 122 Å². The molecule has 0 aliphatic rings. The van der Waals surface area contributed by atoms with Crippen molar-refractivity contribution >= 4 is 17.7 Å². The Bertz CT molecular complexity index is 535. The van der Waals surface area contributed by atoms with Crippen LogP contribution in [0.25, 0.3) is 0 Å². The number of alkyl carbamates (subject to hydrolysis) is 1. The molecule has 0 fully saturated rings. The SMILES string of the molecule is CC(C)(C)OC(=O)N[C@H](C#N)Cc1ccc(Cl)c(F)c1. The molecule has 1 N–H and O–H groups in total. The Kier molecular flexibility index (Phi) is 5.34. The van der Waals surface area contributed by atoms with Gasteiger partial charge >= 0.3 is 6.09 Å². The van der Waals surface area contributed by atoms with Crippen LogP contribution in [0.2, 0.25) is 5.02 Å². The van der Waals surface area contributed by atoms with Gasteiger partial charge in [-0.1, -0.05) is 17.7 Å². The van der Waals surface area contributed by atoms with E-state index < -0.39 is 23.6 Å². The molecule has 1 aromatic carbocycles. The average Bonchev–Trinajstić information content (AvgIpc) is 2.30. The van der Waals surface area contributed by atoms with E-state index in [1.54, 1.807) is 26.8 Å². The van der Waals surface area contributed by atoms with Gasteiger partial charge in [0.2, 0.25) is 0 Å². The number of halogens is 2. The first kappa shape index (κ1) is 16.3. The standard InChI is InChI=1S/C14H16ClFN2O2/c1-14(2,3)20-13(19)18-10(8-17)6-9-4-5-11(15)12(16)7-9/h4-5,7,10H,6H2,1-3H3,(H,18,19)/t10-/m0/s1. The van der Waals surface area contributed by atoms with Crippen molar-refractivity contribution in [2.45, 2.75) is 38.8 Å². The molecule has 0 saturated carbocycles. The second-order valence-corrected chi connectivity index (χ2v) is 5.69. The molecule has 0 heterocycles. The van der Waals surface area contributed by atoms with Crippen LogP contribution in [0.3, 0.4) is 0 Å². The molecular formula is C14H16ClFN2O2. The minimum atomic E-state index is -0.801. The van der Waals surface area contributed by atoms with Crippen LogP contribution in [-0.2, 0) is 11.2 Å². The van der Waals surface area contributed by atoms with Crippen molar-refractivity contribution in [3.8, 4) is 6.07 Å². The Morgan fingerprint density at radius 1 is 1.55 bits per heavy atom. The van der Waals surface area contributed by atoms with E-state index in [-0.39, 0.29) is 11.4 Å². The molecule has 20 heavy (non-hydrogen) atoms. The van der Waals surface area contributed by atoms with Crippen molar-refractivity contribution in [3.63, 3.8) is 0 Å². The van der Waals surface area contributed by atoms with Crippen molar-refractivity contribution in [3.05, 3.63) is 34.6 Å². The molecule has 1 aromatic rings. The highest BCUT2D eigenvalue weighted by molar-refractivity contribution is 6.30. The topological polar surface area (TPSA) is 62.1 Å². The Morgan fingerprint density at radius 2 is 2.20 bits per heavy atom. The van der Waals surface area contributed by atoms with E-state index in [0.717, 1.165) is 0 Å². The van der Waals surface area contributed by atoms with Gasteiger partial charge < -0.3 is 10.1 Å². The van der Waals surface area contributed by atoms with E-state index in [2.05, 4.69) is 5.32 Å². The summed E-state index contributed by atoms with van der Waals surface area (Å²) in [5.41, 5.74) is -0.0780. The molecule has 0 spiro atoms. The summed E-state index contributed by atoms with van der Waals surface area (Å²) in [4.78, 5) is 11.6. The number of carbonyl (C=O) groups excluding carboxylic acids is 1. The molecule has 1 rings (SSSR count). The number of hydrogen-bond acceptors (Lipinski definition) is 3. The van der Waals surface area contributed by atoms with E-state index in [9.17, 15) is 9.18 Å². The van der Waals surface area contributed by atoms with E-state index in [1.165, 1.54) is 12.1 Å². The highest BCUT2D eigenvalue weighted by Crippen LogP contribution is 2.16. The maximum absolute atomic E-state index is 13.3. The minimum absolute atomic E-state index is 0.0161. The van der Waals surface area contributed by atoms with Gasteiger partial charge in [0, 0.05) is 6.42 Å².